The summed E-state index contributed by atoms with van der Waals surface area (Å²) in [5.41, 5.74) is 0. The van der Waals surface area contributed by atoms with Crippen LogP contribution in [0.3, 0.4) is 0 Å². The summed E-state index contributed by atoms with van der Waals surface area (Å²) in [6, 6.07) is 2.71. The molecule has 6 nitrogen and oxygen atoms in total. The Kier molecular flexibility index (Phi) is 5.71. The average molecular weight is 306 g/mol. The summed E-state index contributed by atoms with van der Waals surface area (Å²) in [6.07, 6.45) is 1.15. The first kappa shape index (κ1) is 15.9. The zero-order valence-corrected chi connectivity index (χ0v) is 12.3. The van der Waals surface area contributed by atoms with Crippen LogP contribution in [0.2, 0.25) is 5.15 Å². The molecule has 1 aromatic heterocycles. The third-order valence-corrected chi connectivity index (χ3v) is 4.15. The van der Waals surface area contributed by atoms with Gasteiger partial charge < -0.3 is 4.90 Å². The molecule has 1 N–H and O–H groups in total. The Hall–Kier alpha value is -1.18. The van der Waals surface area contributed by atoms with Crippen LogP contribution in [0.15, 0.2) is 23.2 Å². The molecule has 0 fully saturated rings. The fourth-order valence-corrected chi connectivity index (χ4v) is 2.48. The Morgan fingerprint density at radius 2 is 2.00 bits per heavy atom. The molecule has 1 amide bonds. The first-order valence-corrected chi connectivity index (χ1v) is 7.65. The number of hydrogen-bond donors (Lipinski definition) is 1. The maximum Gasteiger partial charge on any atom is 0.242 e. The van der Waals surface area contributed by atoms with E-state index in [0.29, 0.717) is 13.1 Å². The number of amides is 1. The lowest BCUT2D eigenvalue weighted by molar-refractivity contribution is -0.129. The third kappa shape index (κ3) is 4.45. The van der Waals surface area contributed by atoms with Crippen LogP contribution in [0.1, 0.15) is 13.8 Å². The van der Waals surface area contributed by atoms with Gasteiger partial charge in [0.05, 0.1) is 6.54 Å². The molecule has 0 aliphatic rings. The number of nitrogens with one attached hydrogen (secondary N) is 1. The molecule has 106 valence electrons. The van der Waals surface area contributed by atoms with E-state index in [9.17, 15) is 13.2 Å². The second-order valence-corrected chi connectivity index (χ2v) is 5.86. The quantitative estimate of drug-likeness (QED) is 0.791. The first-order chi connectivity index (χ1) is 8.90. The van der Waals surface area contributed by atoms with Gasteiger partial charge in [-0.3, -0.25) is 4.79 Å². The van der Waals surface area contributed by atoms with E-state index in [1.807, 2.05) is 13.8 Å². The molecule has 0 spiro atoms. The minimum absolute atomic E-state index is 0.0238. The van der Waals surface area contributed by atoms with Gasteiger partial charge in [0, 0.05) is 19.3 Å². The van der Waals surface area contributed by atoms with Crippen LogP contribution in [-0.2, 0) is 14.8 Å². The van der Waals surface area contributed by atoms with Crippen molar-refractivity contribution in [3.8, 4) is 0 Å². The minimum Gasteiger partial charge on any atom is -0.342 e. The molecular weight excluding hydrogens is 290 g/mol. The summed E-state index contributed by atoms with van der Waals surface area (Å²) < 4.78 is 26.0. The number of pyridine rings is 1. The van der Waals surface area contributed by atoms with Gasteiger partial charge >= 0.3 is 0 Å². The van der Waals surface area contributed by atoms with Crippen molar-refractivity contribution in [1.29, 1.82) is 0 Å². The van der Waals surface area contributed by atoms with Crippen LogP contribution < -0.4 is 4.72 Å². The van der Waals surface area contributed by atoms with E-state index < -0.39 is 10.0 Å². The molecule has 0 aromatic carbocycles. The van der Waals surface area contributed by atoms with Crippen molar-refractivity contribution in [3.63, 3.8) is 0 Å². The van der Waals surface area contributed by atoms with E-state index in [1.165, 1.54) is 12.1 Å². The van der Waals surface area contributed by atoms with Gasteiger partial charge in [0.15, 0.2) is 0 Å². The number of carbonyl (C=O) groups is 1. The Morgan fingerprint density at radius 1 is 1.37 bits per heavy atom. The summed E-state index contributed by atoms with van der Waals surface area (Å²) in [5, 5.41) is 0.207. The highest BCUT2D eigenvalue weighted by molar-refractivity contribution is 7.89. The predicted octanol–water partition coefficient (Wildman–Crippen LogP) is 0.882. The number of sulfonamides is 1. The Bertz CT molecular complexity index is 527. The van der Waals surface area contributed by atoms with Crippen LogP contribution >= 0.6 is 11.6 Å². The van der Waals surface area contributed by atoms with Gasteiger partial charge in [-0.2, -0.15) is 0 Å². The maximum atomic E-state index is 11.9. The molecule has 1 aromatic rings. The summed E-state index contributed by atoms with van der Waals surface area (Å²) in [4.78, 5) is 16.9. The molecule has 0 radical (unpaired) electrons. The van der Waals surface area contributed by atoms with Crippen LogP contribution in [0.5, 0.6) is 0 Å². The molecule has 19 heavy (non-hydrogen) atoms. The molecule has 8 heteroatoms. The number of hydrogen-bond acceptors (Lipinski definition) is 4. The van der Waals surface area contributed by atoms with Crippen molar-refractivity contribution in [2.45, 2.75) is 18.7 Å². The van der Waals surface area contributed by atoms with Crippen molar-refractivity contribution in [2.24, 2.45) is 0 Å². The number of halogens is 1. The summed E-state index contributed by atoms with van der Waals surface area (Å²) in [6.45, 7) is 4.48. The standard InChI is InChI=1S/C11H16ClN3O3S/c1-3-15(4-2)11(16)8-14-19(17,18)9-5-6-10(12)13-7-9/h5-7,14H,3-4,8H2,1-2H3. The van der Waals surface area contributed by atoms with E-state index >= 15 is 0 Å². The van der Waals surface area contributed by atoms with Gasteiger partial charge in [-0.15, -0.1) is 0 Å². The number of nitrogens with zero attached hydrogens (tertiary/aromatic N) is 2. The van der Waals surface area contributed by atoms with Gasteiger partial charge in [-0.05, 0) is 26.0 Å². The molecule has 0 atom stereocenters. The molecule has 0 saturated carbocycles. The van der Waals surface area contributed by atoms with Gasteiger partial charge in [-0.1, -0.05) is 11.6 Å². The number of carbonyl (C=O) groups excluding carboxylic acids is 1. The Labute approximate surface area is 117 Å². The molecular formula is C11H16ClN3O3S. The van der Waals surface area contributed by atoms with Gasteiger partial charge in [0.1, 0.15) is 10.0 Å². The lowest BCUT2D eigenvalue weighted by Crippen LogP contribution is -2.39. The number of rotatable bonds is 6. The molecule has 0 aliphatic heterocycles. The summed E-state index contributed by atoms with van der Waals surface area (Å²) in [7, 11) is -3.74. The predicted molar refractivity (Wildman–Crippen MR) is 72.4 cm³/mol. The molecule has 1 heterocycles. The molecule has 0 bridgehead atoms. The summed E-state index contributed by atoms with van der Waals surface area (Å²) >= 11 is 5.58. The van der Waals surface area contributed by atoms with E-state index in [1.54, 1.807) is 4.90 Å². The monoisotopic (exact) mass is 305 g/mol. The molecule has 0 saturated heterocycles. The van der Waals surface area contributed by atoms with E-state index in [2.05, 4.69) is 9.71 Å². The van der Waals surface area contributed by atoms with Gasteiger partial charge in [0.25, 0.3) is 0 Å². The molecule has 0 aliphatic carbocycles. The van der Waals surface area contributed by atoms with E-state index in [4.69, 9.17) is 11.6 Å². The smallest absolute Gasteiger partial charge is 0.242 e. The maximum absolute atomic E-state index is 11.9. The largest absolute Gasteiger partial charge is 0.342 e. The highest BCUT2D eigenvalue weighted by Gasteiger charge is 2.17. The third-order valence-electron chi connectivity index (χ3n) is 2.54. The van der Waals surface area contributed by atoms with Crippen LogP contribution in [-0.4, -0.2) is 43.8 Å². The lowest BCUT2D eigenvalue weighted by atomic mass is 10.4. The number of aromatic nitrogens is 1. The average Bonchev–Trinajstić information content (AvgIpc) is 2.38. The van der Waals surface area contributed by atoms with Crippen molar-refractivity contribution in [3.05, 3.63) is 23.5 Å². The fraction of sp³-hybridized carbons (Fsp3) is 0.455. The first-order valence-electron chi connectivity index (χ1n) is 5.79. The molecule has 1 rings (SSSR count). The Balaban J connectivity index is 2.71. The van der Waals surface area contributed by atoms with Crippen LogP contribution in [0.25, 0.3) is 0 Å². The lowest BCUT2D eigenvalue weighted by Gasteiger charge is -2.18. The highest BCUT2D eigenvalue weighted by atomic mass is 35.5. The van der Waals surface area contributed by atoms with Crippen LogP contribution in [0, 0.1) is 0 Å². The van der Waals surface area contributed by atoms with Crippen molar-refractivity contribution in [2.75, 3.05) is 19.6 Å². The van der Waals surface area contributed by atoms with E-state index in [-0.39, 0.29) is 22.5 Å². The number of likely N-dealkylation sites (N-methyl/N-ethyl adjacent to an activating group) is 1. The normalized spacial score (nSPS) is 11.3. The van der Waals surface area contributed by atoms with Crippen LogP contribution in [0.4, 0.5) is 0 Å². The fourth-order valence-electron chi connectivity index (χ4n) is 1.45. The van der Waals surface area contributed by atoms with E-state index in [0.717, 1.165) is 6.20 Å². The SMILES string of the molecule is CCN(CC)C(=O)CNS(=O)(=O)c1ccc(Cl)nc1. The Morgan fingerprint density at radius 3 is 2.47 bits per heavy atom. The topological polar surface area (TPSA) is 79.4 Å². The van der Waals surface area contributed by atoms with Crippen molar-refractivity contribution in [1.82, 2.24) is 14.6 Å². The zero-order valence-electron chi connectivity index (χ0n) is 10.8. The summed E-state index contributed by atoms with van der Waals surface area (Å²) in [5.74, 6) is -0.268. The van der Waals surface area contributed by atoms with Crippen molar-refractivity contribution >= 4 is 27.5 Å². The zero-order chi connectivity index (χ0) is 14.5. The highest BCUT2D eigenvalue weighted by Crippen LogP contribution is 2.10. The van der Waals surface area contributed by atoms with Crippen molar-refractivity contribution < 1.29 is 13.2 Å². The van der Waals surface area contributed by atoms with Gasteiger partial charge in [-0.25, -0.2) is 18.1 Å². The minimum atomic E-state index is -3.74. The second kappa shape index (κ2) is 6.83. The van der Waals surface area contributed by atoms with Gasteiger partial charge in [0.2, 0.25) is 15.9 Å². The second-order valence-electron chi connectivity index (χ2n) is 3.71. The molecule has 0 unspecified atom stereocenters.